The van der Waals surface area contributed by atoms with Gasteiger partial charge in [0.1, 0.15) is 0 Å². The van der Waals surface area contributed by atoms with Crippen LogP contribution in [0.3, 0.4) is 0 Å². The molecule has 1 fully saturated rings. The van der Waals surface area contributed by atoms with Crippen LogP contribution < -0.4 is 0 Å². The molecule has 0 bridgehead atoms. The molecular weight excluding hydrogens is 284 g/mol. The SMILES string of the molecule is CC1(C)CCCN(Sc2nc3ccccc3s2)C1(C)C. The maximum atomic E-state index is 4.76. The van der Waals surface area contributed by atoms with Crippen LogP contribution in [-0.4, -0.2) is 21.4 Å². The monoisotopic (exact) mass is 306 g/mol. The number of aromatic nitrogens is 1. The maximum Gasteiger partial charge on any atom is 0.166 e. The predicted octanol–water partition coefficient (Wildman–Crippen LogP) is 5.20. The van der Waals surface area contributed by atoms with Crippen LogP contribution >= 0.6 is 23.3 Å². The summed E-state index contributed by atoms with van der Waals surface area (Å²) < 4.78 is 4.98. The highest BCUT2D eigenvalue weighted by Crippen LogP contribution is 2.48. The molecule has 2 nitrogen and oxygen atoms in total. The maximum absolute atomic E-state index is 4.76. The van der Waals surface area contributed by atoms with Crippen molar-refractivity contribution in [3.05, 3.63) is 24.3 Å². The Bertz CT molecular complexity index is 583. The fraction of sp³-hybridized carbons (Fsp3) is 0.562. The van der Waals surface area contributed by atoms with Gasteiger partial charge in [-0.15, -0.1) is 11.3 Å². The van der Waals surface area contributed by atoms with E-state index in [1.165, 1.54) is 17.5 Å². The van der Waals surface area contributed by atoms with E-state index in [4.69, 9.17) is 4.98 Å². The average Bonchev–Trinajstić information content (AvgIpc) is 2.78. The van der Waals surface area contributed by atoms with Gasteiger partial charge in [-0.2, -0.15) is 0 Å². The second-order valence-corrected chi connectivity index (χ2v) is 8.99. The van der Waals surface area contributed by atoms with Crippen molar-refractivity contribution in [2.75, 3.05) is 6.54 Å². The third-order valence-corrected chi connectivity index (χ3v) is 7.32. The lowest BCUT2D eigenvalue weighted by Gasteiger charge is -2.52. The number of benzene rings is 1. The second kappa shape index (κ2) is 5.00. The first-order valence-electron chi connectivity index (χ1n) is 7.21. The molecule has 1 aliphatic heterocycles. The van der Waals surface area contributed by atoms with E-state index in [9.17, 15) is 0 Å². The van der Waals surface area contributed by atoms with Gasteiger partial charge in [0.15, 0.2) is 4.34 Å². The fourth-order valence-electron chi connectivity index (χ4n) is 2.73. The zero-order valence-corrected chi connectivity index (χ0v) is 14.3. The van der Waals surface area contributed by atoms with Gasteiger partial charge in [-0.1, -0.05) is 26.0 Å². The van der Waals surface area contributed by atoms with Gasteiger partial charge in [0.2, 0.25) is 0 Å². The minimum Gasteiger partial charge on any atom is -0.238 e. The van der Waals surface area contributed by atoms with Crippen LogP contribution in [0, 0.1) is 5.41 Å². The Morgan fingerprint density at radius 3 is 2.70 bits per heavy atom. The standard InChI is InChI=1S/C16H22N2S2/c1-15(2)10-7-11-18(16(15,3)4)20-14-17-12-8-5-6-9-13(12)19-14/h5-6,8-9H,7,10-11H2,1-4H3. The zero-order valence-electron chi connectivity index (χ0n) is 12.6. The second-order valence-electron chi connectivity index (χ2n) is 6.69. The van der Waals surface area contributed by atoms with Gasteiger partial charge >= 0.3 is 0 Å². The number of fused-ring (bicyclic) bond motifs is 1. The lowest BCUT2D eigenvalue weighted by atomic mass is 9.69. The number of thiazole rings is 1. The molecule has 0 unspecified atom stereocenters. The van der Waals surface area contributed by atoms with Crippen LogP contribution in [-0.2, 0) is 0 Å². The molecule has 0 atom stereocenters. The summed E-state index contributed by atoms with van der Waals surface area (Å²) in [5.74, 6) is 0. The summed E-state index contributed by atoms with van der Waals surface area (Å²) in [7, 11) is 0. The summed E-state index contributed by atoms with van der Waals surface area (Å²) in [5.41, 5.74) is 1.65. The van der Waals surface area contributed by atoms with Gasteiger partial charge in [-0.25, -0.2) is 9.29 Å². The van der Waals surface area contributed by atoms with Crippen molar-refractivity contribution in [2.45, 2.75) is 50.4 Å². The first-order valence-corrected chi connectivity index (χ1v) is 8.80. The molecule has 4 heteroatoms. The van der Waals surface area contributed by atoms with Crippen molar-refractivity contribution in [3.63, 3.8) is 0 Å². The number of hydrogen-bond donors (Lipinski definition) is 0. The molecule has 0 amide bonds. The van der Waals surface area contributed by atoms with Crippen LogP contribution in [0.15, 0.2) is 28.6 Å². The molecule has 0 saturated carbocycles. The summed E-state index contributed by atoms with van der Waals surface area (Å²) in [6.45, 7) is 10.7. The molecule has 0 aliphatic carbocycles. The molecule has 0 spiro atoms. The van der Waals surface area contributed by atoms with E-state index in [1.54, 1.807) is 11.3 Å². The summed E-state index contributed by atoms with van der Waals surface area (Å²) in [6.07, 6.45) is 2.57. The van der Waals surface area contributed by atoms with E-state index in [0.29, 0.717) is 5.41 Å². The number of piperidine rings is 1. The molecule has 108 valence electrons. The van der Waals surface area contributed by atoms with E-state index in [-0.39, 0.29) is 5.54 Å². The van der Waals surface area contributed by atoms with Crippen LogP contribution in [0.1, 0.15) is 40.5 Å². The predicted molar refractivity (Wildman–Crippen MR) is 89.3 cm³/mol. The smallest absolute Gasteiger partial charge is 0.166 e. The molecular formula is C16H22N2S2. The number of rotatable bonds is 2. The van der Waals surface area contributed by atoms with Gasteiger partial charge in [0, 0.05) is 12.1 Å². The van der Waals surface area contributed by atoms with E-state index in [1.807, 2.05) is 11.9 Å². The molecule has 3 rings (SSSR count). The summed E-state index contributed by atoms with van der Waals surface area (Å²) >= 11 is 3.64. The van der Waals surface area contributed by atoms with Crippen molar-refractivity contribution in [1.82, 2.24) is 9.29 Å². The number of para-hydroxylation sites is 1. The van der Waals surface area contributed by atoms with Gasteiger partial charge < -0.3 is 0 Å². The van der Waals surface area contributed by atoms with Crippen LogP contribution in [0.2, 0.25) is 0 Å². The molecule has 1 aromatic heterocycles. The Morgan fingerprint density at radius 1 is 1.20 bits per heavy atom. The van der Waals surface area contributed by atoms with Crippen molar-refractivity contribution in [1.29, 1.82) is 0 Å². The Balaban J connectivity index is 1.86. The Labute approximate surface area is 129 Å². The molecule has 1 aromatic carbocycles. The van der Waals surface area contributed by atoms with Gasteiger partial charge in [0.05, 0.1) is 10.2 Å². The van der Waals surface area contributed by atoms with Gasteiger partial charge in [-0.05, 0) is 56.2 Å². The van der Waals surface area contributed by atoms with Crippen LogP contribution in [0.25, 0.3) is 10.2 Å². The highest BCUT2D eigenvalue weighted by Gasteiger charge is 2.45. The Morgan fingerprint density at radius 2 is 1.95 bits per heavy atom. The molecule has 0 radical (unpaired) electrons. The molecule has 20 heavy (non-hydrogen) atoms. The van der Waals surface area contributed by atoms with Gasteiger partial charge in [0.25, 0.3) is 0 Å². The normalized spacial score (nSPS) is 22.2. The van der Waals surface area contributed by atoms with Crippen molar-refractivity contribution in [3.8, 4) is 0 Å². The molecule has 2 heterocycles. The highest BCUT2D eigenvalue weighted by molar-refractivity contribution is 7.99. The molecule has 2 aromatic rings. The zero-order chi connectivity index (χ0) is 14.4. The summed E-state index contributed by atoms with van der Waals surface area (Å²) in [4.78, 5) is 4.76. The highest BCUT2D eigenvalue weighted by atomic mass is 32.2. The fourth-order valence-corrected chi connectivity index (χ4v) is 5.14. The van der Waals surface area contributed by atoms with Crippen molar-refractivity contribution in [2.24, 2.45) is 5.41 Å². The number of hydrogen-bond acceptors (Lipinski definition) is 4. The molecule has 1 saturated heterocycles. The van der Waals surface area contributed by atoms with Crippen LogP contribution in [0.5, 0.6) is 0 Å². The summed E-state index contributed by atoms with van der Waals surface area (Å²) in [5, 5.41) is 0. The Kier molecular flexibility index (Phi) is 3.59. The van der Waals surface area contributed by atoms with E-state index >= 15 is 0 Å². The van der Waals surface area contributed by atoms with E-state index in [2.05, 4.69) is 56.3 Å². The molecule has 1 aliphatic rings. The third kappa shape index (κ3) is 2.38. The lowest BCUT2D eigenvalue weighted by Crippen LogP contribution is -2.54. The average molecular weight is 307 g/mol. The van der Waals surface area contributed by atoms with E-state index in [0.717, 1.165) is 16.4 Å². The van der Waals surface area contributed by atoms with Gasteiger partial charge in [-0.3, -0.25) is 0 Å². The van der Waals surface area contributed by atoms with E-state index < -0.39 is 0 Å². The largest absolute Gasteiger partial charge is 0.238 e. The minimum absolute atomic E-state index is 0.188. The van der Waals surface area contributed by atoms with Crippen molar-refractivity contribution < 1.29 is 0 Å². The molecule has 0 N–H and O–H groups in total. The quantitative estimate of drug-likeness (QED) is 0.709. The summed E-state index contributed by atoms with van der Waals surface area (Å²) in [6, 6.07) is 8.40. The first-order chi connectivity index (χ1) is 9.40. The minimum atomic E-state index is 0.188. The van der Waals surface area contributed by atoms with Crippen molar-refractivity contribution >= 4 is 33.5 Å². The third-order valence-electron chi connectivity index (χ3n) is 4.91. The van der Waals surface area contributed by atoms with Crippen LogP contribution in [0.4, 0.5) is 0 Å². The Hall–Kier alpha value is -0.580. The number of nitrogens with zero attached hydrogens (tertiary/aromatic N) is 2. The topological polar surface area (TPSA) is 16.1 Å². The lowest BCUT2D eigenvalue weighted by molar-refractivity contribution is 0.0358. The first kappa shape index (κ1) is 14.4.